The number of nitrogens with one attached hydrogen (secondary N) is 1. The van der Waals surface area contributed by atoms with Gasteiger partial charge in [-0.25, -0.2) is 9.37 Å². The van der Waals surface area contributed by atoms with Gasteiger partial charge in [0.25, 0.3) is 5.91 Å². The second kappa shape index (κ2) is 6.53. The topological polar surface area (TPSA) is 42.0 Å². The summed E-state index contributed by atoms with van der Waals surface area (Å²) in [5, 5.41) is 5.13. The van der Waals surface area contributed by atoms with Crippen molar-refractivity contribution in [2.75, 3.05) is 5.32 Å². The molecule has 0 bridgehead atoms. The van der Waals surface area contributed by atoms with Crippen LogP contribution in [0.3, 0.4) is 0 Å². The molecule has 1 heterocycles. The van der Waals surface area contributed by atoms with Crippen molar-refractivity contribution in [3.63, 3.8) is 0 Å². The Morgan fingerprint density at radius 2 is 1.77 bits per heavy atom. The van der Waals surface area contributed by atoms with Gasteiger partial charge in [-0.3, -0.25) is 10.1 Å². The van der Waals surface area contributed by atoms with Gasteiger partial charge in [0, 0.05) is 20.1 Å². The highest BCUT2D eigenvalue weighted by atomic mass is 127. The molecule has 0 saturated carbocycles. The van der Waals surface area contributed by atoms with E-state index in [1.54, 1.807) is 0 Å². The van der Waals surface area contributed by atoms with E-state index in [0.29, 0.717) is 10.7 Å². The van der Waals surface area contributed by atoms with Crippen molar-refractivity contribution in [2.24, 2.45) is 0 Å². The number of halogens is 2. The number of benzene rings is 2. The van der Waals surface area contributed by atoms with E-state index >= 15 is 0 Å². The van der Waals surface area contributed by atoms with Gasteiger partial charge >= 0.3 is 0 Å². The summed E-state index contributed by atoms with van der Waals surface area (Å²) in [6, 6.07) is 13.4. The standard InChI is InChI=1S/C16H10FIN2OS/c17-12-5-1-11(2-6-12)15(21)20-16-19-14(9-22-16)10-3-7-13(18)8-4-10/h1-9H,(H,19,20,21). The first-order valence-corrected chi connectivity index (χ1v) is 8.36. The lowest BCUT2D eigenvalue weighted by Crippen LogP contribution is -2.11. The fraction of sp³-hybridized carbons (Fsp3) is 0. The number of rotatable bonds is 3. The van der Waals surface area contributed by atoms with E-state index in [0.717, 1.165) is 14.8 Å². The van der Waals surface area contributed by atoms with Gasteiger partial charge in [0.1, 0.15) is 5.82 Å². The molecule has 0 spiro atoms. The van der Waals surface area contributed by atoms with Crippen molar-refractivity contribution < 1.29 is 9.18 Å². The number of hydrogen-bond donors (Lipinski definition) is 1. The molecule has 22 heavy (non-hydrogen) atoms. The lowest BCUT2D eigenvalue weighted by molar-refractivity contribution is 0.102. The van der Waals surface area contributed by atoms with Crippen LogP contribution in [0.1, 0.15) is 10.4 Å². The van der Waals surface area contributed by atoms with Crippen molar-refractivity contribution >= 4 is 45.0 Å². The van der Waals surface area contributed by atoms with Crippen molar-refractivity contribution in [2.45, 2.75) is 0 Å². The van der Waals surface area contributed by atoms with Gasteiger partial charge in [-0.2, -0.15) is 0 Å². The summed E-state index contributed by atoms with van der Waals surface area (Å²) < 4.78 is 14.0. The largest absolute Gasteiger partial charge is 0.298 e. The predicted octanol–water partition coefficient (Wildman–Crippen LogP) is 4.81. The molecule has 0 saturated heterocycles. The van der Waals surface area contributed by atoms with Crippen LogP contribution in [0.15, 0.2) is 53.9 Å². The fourth-order valence-electron chi connectivity index (χ4n) is 1.85. The second-order valence-corrected chi connectivity index (χ2v) is 6.61. The van der Waals surface area contributed by atoms with E-state index in [9.17, 15) is 9.18 Å². The highest BCUT2D eigenvalue weighted by Gasteiger charge is 2.10. The maximum atomic E-state index is 12.9. The fourth-order valence-corrected chi connectivity index (χ4v) is 2.93. The predicted molar refractivity (Wildman–Crippen MR) is 94.6 cm³/mol. The van der Waals surface area contributed by atoms with E-state index in [-0.39, 0.29) is 11.7 Å². The molecule has 1 aromatic heterocycles. The zero-order valence-corrected chi connectivity index (χ0v) is 14.2. The molecule has 3 aromatic rings. The Morgan fingerprint density at radius 3 is 2.45 bits per heavy atom. The summed E-state index contributed by atoms with van der Waals surface area (Å²) in [7, 11) is 0. The van der Waals surface area contributed by atoms with Crippen LogP contribution in [-0.4, -0.2) is 10.9 Å². The first kappa shape index (κ1) is 15.1. The molecule has 0 aliphatic rings. The molecule has 0 aliphatic heterocycles. The van der Waals surface area contributed by atoms with Crippen LogP contribution in [0, 0.1) is 9.39 Å². The zero-order valence-electron chi connectivity index (χ0n) is 11.2. The Morgan fingerprint density at radius 1 is 1.09 bits per heavy atom. The van der Waals surface area contributed by atoms with Crippen LogP contribution in [0.25, 0.3) is 11.3 Å². The second-order valence-electron chi connectivity index (χ2n) is 4.51. The average molecular weight is 424 g/mol. The summed E-state index contributed by atoms with van der Waals surface area (Å²) in [6.45, 7) is 0. The van der Waals surface area contributed by atoms with Gasteiger partial charge in [-0.15, -0.1) is 11.3 Å². The normalized spacial score (nSPS) is 10.5. The number of anilines is 1. The minimum absolute atomic E-state index is 0.302. The van der Waals surface area contributed by atoms with Gasteiger partial charge in [0.2, 0.25) is 0 Å². The Bertz CT molecular complexity index is 800. The summed E-state index contributed by atoms with van der Waals surface area (Å²) in [6.07, 6.45) is 0. The number of aromatic nitrogens is 1. The lowest BCUT2D eigenvalue weighted by Gasteiger charge is -2.01. The number of amides is 1. The van der Waals surface area contributed by atoms with Crippen molar-refractivity contribution in [1.29, 1.82) is 0 Å². The molecule has 0 aliphatic carbocycles. The number of nitrogens with zero attached hydrogens (tertiary/aromatic N) is 1. The molecule has 0 unspecified atom stereocenters. The Kier molecular flexibility index (Phi) is 4.49. The third-order valence-electron chi connectivity index (χ3n) is 2.97. The Hall–Kier alpha value is -1.80. The molecule has 0 atom stereocenters. The van der Waals surface area contributed by atoms with Crippen molar-refractivity contribution in [3.8, 4) is 11.3 Å². The molecule has 6 heteroatoms. The lowest BCUT2D eigenvalue weighted by atomic mass is 10.2. The summed E-state index contributed by atoms with van der Waals surface area (Å²) in [5.74, 6) is -0.671. The van der Waals surface area contributed by atoms with Gasteiger partial charge in [-0.1, -0.05) is 12.1 Å². The van der Waals surface area contributed by atoms with Crippen LogP contribution < -0.4 is 5.32 Å². The van der Waals surface area contributed by atoms with Crippen LogP contribution in [-0.2, 0) is 0 Å². The van der Waals surface area contributed by atoms with Gasteiger partial charge < -0.3 is 0 Å². The minimum atomic E-state index is -0.369. The molecule has 110 valence electrons. The van der Waals surface area contributed by atoms with Crippen LogP contribution in [0.5, 0.6) is 0 Å². The molecule has 0 radical (unpaired) electrons. The molecule has 3 nitrogen and oxygen atoms in total. The quantitative estimate of drug-likeness (QED) is 0.614. The smallest absolute Gasteiger partial charge is 0.257 e. The maximum absolute atomic E-state index is 12.9. The van der Waals surface area contributed by atoms with Crippen LogP contribution in [0.4, 0.5) is 9.52 Å². The molecule has 1 amide bonds. The highest BCUT2D eigenvalue weighted by molar-refractivity contribution is 14.1. The van der Waals surface area contributed by atoms with E-state index in [1.165, 1.54) is 35.6 Å². The molecule has 3 rings (SSSR count). The first-order valence-electron chi connectivity index (χ1n) is 6.40. The zero-order chi connectivity index (χ0) is 15.5. The number of hydrogen-bond acceptors (Lipinski definition) is 3. The average Bonchev–Trinajstić information content (AvgIpc) is 2.97. The Labute approximate surface area is 144 Å². The summed E-state index contributed by atoms with van der Waals surface area (Å²) >= 11 is 3.60. The maximum Gasteiger partial charge on any atom is 0.257 e. The van der Waals surface area contributed by atoms with E-state index in [1.807, 2.05) is 29.6 Å². The first-order chi connectivity index (χ1) is 10.6. The van der Waals surface area contributed by atoms with Gasteiger partial charge in [-0.05, 0) is 59.0 Å². The van der Waals surface area contributed by atoms with Crippen molar-refractivity contribution in [1.82, 2.24) is 4.98 Å². The third-order valence-corrected chi connectivity index (χ3v) is 4.45. The van der Waals surface area contributed by atoms with Gasteiger partial charge in [0.15, 0.2) is 5.13 Å². The summed E-state index contributed by atoms with van der Waals surface area (Å²) in [5.41, 5.74) is 2.21. The van der Waals surface area contributed by atoms with Crippen molar-refractivity contribution in [3.05, 3.63) is 68.9 Å². The minimum Gasteiger partial charge on any atom is -0.298 e. The van der Waals surface area contributed by atoms with E-state index < -0.39 is 0 Å². The van der Waals surface area contributed by atoms with E-state index in [2.05, 4.69) is 32.9 Å². The monoisotopic (exact) mass is 424 g/mol. The Balaban J connectivity index is 1.75. The highest BCUT2D eigenvalue weighted by Crippen LogP contribution is 2.25. The molecular formula is C16H10FIN2OS. The molecule has 2 aromatic carbocycles. The number of thiazole rings is 1. The number of carbonyl (C=O) groups is 1. The number of carbonyl (C=O) groups excluding carboxylic acids is 1. The van der Waals surface area contributed by atoms with Crippen LogP contribution in [0.2, 0.25) is 0 Å². The molecule has 1 N–H and O–H groups in total. The molecular weight excluding hydrogens is 414 g/mol. The third kappa shape index (κ3) is 3.50. The van der Waals surface area contributed by atoms with Crippen LogP contribution >= 0.6 is 33.9 Å². The summed E-state index contributed by atoms with van der Waals surface area (Å²) in [4.78, 5) is 16.5. The SMILES string of the molecule is O=C(Nc1nc(-c2ccc(I)cc2)cs1)c1ccc(F)cc1. The van der Waals surface area contributed by atoms with Gasteiger partial charge in [0.05, 0.1) is 5.69 Å². The van der Waals surface area contributed by atoms with E-state index in [4.69, 9.17) is 0 Å². The molecule has 0 fully saturated rings.